The van der Waals surface area contributed by atoms with E-state index in [1.165, 1.54) is 12.1 Å². The van der Waals surface area contributed by atoms with E-state index in [4.69, 9.17) is 18.0 Å². The number of thiocarbonyl (C=S) groups is 1. The van der Waals surface area contributed by atoms with Crippen molar-refractivity contribution in [3.05, 3.63) is 41.4 Å². The summed E-state index contributed by atoms with van der Waals surface area (Å²) in [6.07, 6.45) is 0.949. The number of allylic oxidation sites excluding steroid dienone is 1. The van der Waals surface area contributed by atoms with E-state index < -0.39 is 0 Å². The zero-order chi connectivity index (χ0) is 16.1. The Balaban J connectivity index is 2.11. The van der Waals surface area contributed by atoms with Crippen molar-refractivity contribution in [3.63, 3.8) is 0 Å². The van der Waals surface area contributed by atoms with E-state index in [1.807, 2.05) is 6.92 Å². The largest absolute Gasteiger partial charge is 0.389 e. The molecule has 0 radical (unpaired) electrons. The molecular formula is C16H19FN4S. The molecule has 1 fully saturated rings. The fourth-order valence-electron chi connectivity index (χ4n) is 2.64. The second-order valence-electron chi connectivity index (χ2n) is 5.24. The maximum absolute atomic E-state index is 13.0. The molecule has 0 amide bonds. The lowest BCUT2D eigenvalue weighted by Gasteiger charge is -2.25. The van der Waals surface area contributed by atoms with Gasteiger partial charge in [0, 0.05) is 37.6 Å². The maximum atomic E-state index is 13.0. The van der Waals surface area contributed by atoms with Crippen molar-refractivity contribution in [1.82, 2.24) is 4.90 Å². The molecule has 0 aliphatic carbocycles. The van der Waals surface area contributed by atoms with Gasteiger partial charge in [0.1, 0.15) is 22.4 Å². The molecular weight excluding hydrogens is 299 g/mol. The fraction of sp³-hybridized carbons (Fsp3) is 0.375. The minimum absolute atomic E-state index is 0.139. The number of rotatable bonds is 3. The number of halogens is 1. The van der Waals surface area contributed by atoms with Crippen LogP contribution >= 0.6 is 12.2 Å². The molecule has 1 aromatic carbocycles. The Hall–Kier alpha value is -2.13. The Morgan fingerprint density at radius 2 is 1.91 bits per heavy atom. The highest BCUT2D eigenvalue weighted by atomic mass is 32.1. The van der Waals surface area contributed by atoms with Crippen molar-refractivity contribution < 1.29 is 4.39 Å². The van der Waals surface area contributed by atoms with Gasteiger partial charge in [0.2, 0.25) is 0 Å². The van der Waals surface area contributed by atoms with E-state index in [2.05, 4.69) is 15.9 Å². The van der Waals surface area contributed by atoms with E-state index in [0.717, 1.165) is 44.0 Å². The van der Waals surface area contributed by atoms with E-state index >= 15 is 0 Å². The van der Waals surface area contributed by atoms with Crippen molar-refractivity contribution in [1.29, 1.82) is 5.26 Å². The molecule has 1 saturated heterocycles. The molecule has 0 atom stereocenters. The highest BCUT2D eigenvalue weighted by Gasteiger charge is 2.18. The minimum atomic E-state index is -0.228. The molecule has 6 heteroatoms. The number of hydrogen-bond acceptors (Lipinski definition) is 4. The van der Waals surface area contributed by atoms with Crippen LogP contribution in [0.15, 0.2) is 35.5 Å². The van der Waals surface area contributed by atoms with E-state index in [9.17, 15) is 9.65 Å². The molecule has 2 rings (SSSR count). The zero-order valence-corrected chi connectivity index (χ0v) is 13.4. The zero-order valence-electron chi connectivity index (χ0n) is 12.6. The van der Waals surface area contributed by atoms with Crippen LogP contribution < -0.4 is 10.6 Å². The summed E-state index contributed by atoms with van der Waals surface area (Å²) in [6, 6.07) is 8.63. The monoisotopic (exact) mass is 318 g/mol. The Bertz CT molecular complexity index is 618. The third-order valence-electron chi connectivity index (χ3n) is 3.88. The van der Waals surface area contributed by atoms with Crippen LogP contribution in [0, 0.1) is 17.1 Å². The number of nitrogens with zero attached hydrogens (tertiary/aromatic N) is 3. The lowest BCUT2D eigenvalue weighted by atomic mass is 10.2. The van der Waals surface area contributed by atoms with Crippen LogP contribution in [0.5, 0.6) is 0 Å². The summed E-state index contributed by atoms with van der Waals surface area (Å²) >= 11 is 4.93. The summed E-state index contributed by atoms with van der Waals surface area (Å²) in [4.78, 5) is 4.50. The predicted octanol–water partition coefficient (Wildman–Crippen LogP) is 2.42. The topological polar surface area (TPSA) is 56.3 Å². The van der Waals surface area contributed by atoms with Gasteiger partial charge in [-0.25, -0.2) is 4.39 Å². The van der Waals surface area contributed by atoms with Gasteiger partial charge in [-0.3, -0.25) is 0 Å². The number of hydrogen-bond donors (Lipinski definition) is 1. The second kappa shape index (κ2) is 7.23. The molecule has 0 saturated carbocycles. The molecule has 4 nitrogen and oxygen atoms in total. The van der Waals surface area contributed by atoms with Crippen LogP contribution in [0.3, 0.4) is 0 Å². The summed E-state index contributed by atoms with van der Waals surface area (Å²) in [7, 11) is 0. The van der Waals surface area contributed by atoms with E-state index in [1.54, 1.807) is 12.1 Å². The van der Waals surface area contributed by atoms with Gasteiger partial charge in [0.05, 0.1) is 0 Å². The first-order valence-corrected chi connectivity index (χ1v) is 7.60. The summed E-state index contributed by atoms with van der Waals surface area (Å²) in [6.45, 7) is 5.20. The summed E-state index contributed by atoms with van der Waals surface area (Å²) in [5.41, 5.74) is 7.83. The average molecular weight is 318 g/mol. The molecule has 1 aliphatic rings. The van der Waals surface area contributed by atoms with Crippen LogP contribution in [-0.4, -0.2) is 36.1 Å². The van der Waals surface area contributed by atoms with Gasteiger partial charge >= 0.3 is 0 Å². The van der Waals surface area contributed by atoms with Crippen molar-refractivity contribution in [2.24, 2.45) is 5.73 Å². The van der Waals surface area contributed by atoms with E-state index in [-0.39, 0.29) is 10.8 Å². The van der Waals surface area contributed by atoms with Crippen LogP contribution in [0.25, 0.3) is 0 Å². The smallest absolute Gasteiger partial charge is 0.123 e. The first-order valence-electron chi connectivity index (χ1n) is 7.19. The normalized spacial score (nSPS) is 16.6. The van der Waals surface area contributed by atoms with Crippen LogP contribution in [0.2, 0.25) is 0 Å². The standard InChI is InChI=1S/C16H19FN4S/c1-12(15(11-18)16(19)22)20-7-2-8-21(10-9-20)14-5-3-13(17)4-6-14/h3-6H,2,7-10H2,1H3,(H2,19,22). The molecule has 0 unspecified atom stereocenters. The molecule has 0 bridgehead atoms. The number of nitrogens with two attached hydrogens (primary N) is 1. The minimum Gasteiger partial charge on any atom is -0.389 e. The van der Waals surface area contributed by atoms with Gasteiger partial charge < -0.3 is 15.5 Å². The molecule has 2 N–H and O–H groups in total. The molecule has 1 heterocycles. The lowest BCUT2D eigenvalue weighted by Crippen LogP contribution is -2.31. The third kappa shape index (κ3) is 3.74. The SMILES string of the molecule is CC(=C(C#N)C(N)=S)N1CCCN(c2ccc(F)cc2)CC1. The van der Waals surface area contributed by atoms with Gasteiger partial charge in [0.15, 0.2) is 0 Å². The number of anilines is 1. The Morgan fingerprint density at radius 1 is 1.23 bits per heavy atom. The first-order chi connectivity index (χ1) is 10.5. The molecule has 0 aromatic heterocycles. The molecule has 0 spiro atoms. The van der Waals surface area contributed by atoms with Crippen LogP contribution in [-0.2, 0) is 0 Å². The van der Waals surface area contributed by atoms with Gasteiger partial charge in [-0.2, -0.15) is 5.26 Å². The van der Waals surface area contributed by atoms with Crippen LogP contribution in [0.1, 0.15) is 13.3 Å². The first kappa shape index (κ1) is 16.2. The third-order valence-corrected chi connectivity index (χ3v) is 4.09. The maximum Gasteiger partial charge on any atom is 0.123 e. The average Bonchev–Trinajstić information content (AvgIpc) is 2.74. The second-order valence-corrected chi connectivity index (χ2v) is 5.68. The fourth-order valence-corrected chi connectivity index (χ4v) is 2.83. The number of nitriles is 1. The van der Waals surface area contributed by atoms with Crippen LogP contribution in [0.4, 0.5) is 10.1 Å². The molecule has 116 valence electrons. The number of benzene rings is 1. The Labute approximate surface area is 135 Å². The quantitative estimate of drug-likeness (QED) is 0.527. The van der Waals surface area contributed by atoms with Crippen molar-refractivity contribution >= 4 is 22.9 Å². The summed E-state index contributed by atoms with van der Waals surface area (Å²) in [5, 5.41) is 9.18. The van der Waals surface area contributed by atoms with E-state index in [0.29, 0.717) is 5.57 Å². The molecule has 22 heavy (non-hydrogen) atoms. The van der Waals surface area contributed by atoms with Crippen molar-refractivity contribution in [3.8, 4) is 6.07 Å². The highest BCUT2D eigenvalue weighted by Crippen LogP contribution is 2.19. The summed E-state index contributed by atoms with van der Waals surface area (Å²) < 4.78 is 13.0. The van der Waals surface area contributed by atoms with Crippen molar-refractivity contribution in [2.45, 2.75) is 13.3 Å². The van der Waals surface area contributed by atoms with Gasteiger partial charge in [-0.15, -0.1) is 0 Å². The lowest BCUT2D eigenvalue weighted by molar-refractivity contribution is 0.369. The predicted molar refractivity (Wildman–Crippen MR) is 89.9 cm³/mol. The van der Waals surface area contributed by atoms with Gasteiger partial charge in [-0.1, -0.05) is 12.2 Å². The Morgan fingerprint density at radius 3 is 2.50 bits per heavy atom. The van der Waals surface area contributed by atoms with Crippen molar-refractivity contribution in [2.75, 3.05) is 31.1 Å². The highest BCUT2D eigenvalue weighted by molar-refractivity contribution is 7.80. The Kier molecular flexibility index (Phi) is 5.34. The summed E-state index contributed by atoms with van der Waals surface area (Å²) in [5.74, 6) is -0.228. The molecule has 1 aromatic rings. The van der Waals surface area contributed by atoms with Gasteiger partial charge in [0.25, 0.3) is 0 Å². The molecule has 1 aliphatic heterocycles. The van der Waals surface area contributed by atoms with Gasteiger partial charge in [-0.05, 0) is 37.6 Å².